The maximum atomic E-state index is 11.6. The Morgan fingerprint density at radius 1 is 1.47 bits per heavy atom. The number of esters is 1. The molecule has 0 aliphatic carbocycles. The predicted molar refractivity (Wildman–Crippen MR) is 56.9 cm³/mol. The van der Waals surface area contributed by atoms with Gasteiger partial charge >= 0.3 is 5.97 Å². The Labute approximate surface area is 94.0 Å². The summed E-state index contributed by atoms with van der Waals surface area (Å²) < 4.78 is 7.67. The Balaban J connectivity index is 2.38. The van der Waals surface area contributed by atoms with Gasteiger partial charge in [0.1, 0.15) is 5.65 Å². The Bertz CT molecular complexity index is 562. The summed E-state index contributed by atoms with van der Waals surface area (Å²) >= 11 is 3.36. The van der Waals surface area contributed by atoms with Gasteiger partial charge in [-0.15, -0.1) is 0 Å². The second kappa shape index (κ2) is 3.06. The zero-order chi connectivity index (χ0) is 10.4. The molecule has 0 saturated carbocycles. The van der Waals surface area contributed by atoms with Gasteiger partial charge in [-0.3, -0.25) is 4.40 Å². The summed E-state index contributed by atoms with van der Waals surface area (Å²) in [4.78, 5) is 16.0. The Hall–Kier alpha value is -1.36. The molecule has 0 amide bonds. The van der Waals surface area contributed by atoms with Gasteiger partial charge in [-0.1, -0.05) is 0 Å². The van der Waals surface area contributed by atoms with Crippen molar-refractivity contribution in [3.63, 3.8) is 0 Å². The maximum absolute atomic E-state index is 11.6. The van der Waals surface area contributed by atoms with Gasteiger partial charge in [-0.05, 0) is 28.1 Å². The van der Waals surface area contributed by atoms with Crippen LogP contribution in [0, 0.1) is 0 Å². The van der Waals surface area contributed by atoms with Crippen LogP contribution in [0.25, 0.3) is 5.65 Å². The molecule has 3 heterocycles. The minimum atomic E-state index is -0.290. The summed E-state index contributed by atoms with van der Waals surface area (Å²) in [6, 6.07) is 3.77. The number of cyclic esters (lactones) is 1. The summed E-state index contributed by atoms with van der Waals surface area (Å²) in [6.07, 6.45) is 2.52. The van der Waals surface area contributed by atoms with Crippen LogP contribution in [0.15, 0.2) is 22.8 Å². The van der Waals surface area contributed by atoms with Crippen LogP contribution >= 0.6 is 15.9 Å². The molecule has 0 atom stereocenters. The van der Waals surface area contributed by atoms with Crippen molar-refractivity contribution in [2.75, 3.05) is 6.61 Å². The molecule has 76 valence electrons. The first kappa shape index (κ1) is 8.91. The average Bonchev–Trinajstić information content (AvgIpc) is 2.57. The first-order valence-corrected chi connectivity index (χ1v) is 5.38. The van der Waals surface area contributed by atoms with E-state index in [1.807, 2.05) is 18.3 Å². The van der Waals surface area contributed by atoms with Crippen molar-refractivity contribution < 1.29 is 9.53 Å². The lowest BCUT2D eigenvalue weighted by Gasteiger charge is -2.10. The minimum absolute atomic E-state index is 0.290. The number of hydrogen-bond donors (Lipinski definition) is 0. The van der Waals surface area contributed by atoms with E-state index in [0.717, 1.165) is 15.8 Å². The number of halogens is 1. The van der Waals surface area contributed by atoms with Crippen molar-refractivity contribution in [3.05, 3.63) is 34.2 Å². The van der Waals surface area contributed by atoms with E-state index in [1.165, 1.54) is 0 Å². The molecule has 2 aromatic heterocycles. The number of imidazole rings is 1. The molecular weight excluding hydrogens is 260 g/mol. The summed E-state index contributed by atoms with van der Waals surface area (Å²) in [5.74, 6) is -0.290. The molecule has 0 N–H and O–H groups in total. The molecule has 0 bridgehead atoms. The van der Waals surface area contributed by atoms with E-state index in [1.54, 1.807) is 4.40 Å². The molecule has 0 fully saturated rings. The second-order valence-corrected chi connectivity index (χ2v) is 4.28. The third-order valence-electron chi connectivity index (χ3n) is 2.42. The van der Waals surface area contributed by atoms with Crippen LogP contribution < -0.4 is 0 Å². The Morgan fingerprint density at radius 3 is 3.20 bits per heavy atom. The van der Waals surface area contributed by atoms with Gasteiger partial charge in [0.2, 0.25) is 0 Å². The van der Waals surface area contributed by atoms with Crippen molar-refractivity contribution in [1.29, 1.82) is 0 Å². The molecule has 1 aliphatic heterocycles. The van der Waals surface area contributed by atoms with Crippen LogP contribution in [-0.4, -0.2) is 22.0 Å². The number of fused-ring (bicyclic) bond motifs is 3. The van der Waals surface area contributed by atoms with Gasteiger partial charge in [-0.25, -0.2) is 9.78 Å². The highest BCUT2D eigenvalue weighted by molar-refractivity contribution is 9.10. The highest BCUT2D eigenvalue weighted by Crippen LogP contribution is 2.20. The van der Waals surface area contributed by atoms with Gasteiger partial charge in [0, 0.05) is 17.1 Å². The molecule has 3 rings (SSSR count). The lowest BCUT2D eigenvalue weighted by Crippen LogP contribution is -2.18. The molecule has 2 aromatic rings. The third kappa shape index (κ3) is 1.26. The first-order valence-electron chi connectivity index (χ1n) is 4.59. The molecule has 15 heavy (non-hydrogen) atoms. The molecule has 4 nitrogen and oxygen atoms in total. The number of carbonyl (C=O) groups is 1. The predicted octanol–water partition coefficient (Wildman–Crippen LogP) is 1.81. The van der Waals surface area contributed by atoms with E-state index < -0.39 is 0 Å². The standard InChI is InChI=1S/C10H7BrN2O2/c11-6-1-2-8-12-7-3-4-15-10(14)9(7)13(8)5-6/h1-2,5H,3-4H2. The lowest BCUT2D eigenvalue weighted by atomic mass is 10.2. The highest BCUT2D eigenvalue weighted by Gasteiger charge is 2.24. The minimum Gasteiger partial charge on any atom is -0.461 e. The van der Waals surface area contributed by atoms with E-state index in [-0.39, 0.29) is 5.97 Å². The van der Waals surface area contributed by atoms with Gasteiger partial charge in [0.15, 0.2) is 5.69 Å². The van der Waals surface area contributed by atoms with Crippen molar-refractivity contribution in [2.45, 2.75) is 6.42 Å². The molecule has 5 heteroatoms. The number of rotatable bonds is 0. The van der Waals surface area contributed by atoms with Crippen molar-refractivity contribution in [1.82, 2.24) is 9.38 Å². The van der Waals surface area contributed by atoms with E-state index >= 15 is 0 Å². The number of aromatic nitrogens is 2. The maximum Gasteiger partial charge on any atom is 0.357 e. The quantitative estimate of drug-likeness (QED) is 0.684. The van der Waals surface area contributed by atoms with E-state index in [2.05, 4.69) is 20.9 Å². The van der Waals surface area contributed by atoms with E-state index in [0.29, 0.717) is 18.7 Å². The van der Waals surface area contributed by atoms with Crippen LogP contribution in [0.3, 0.4) is 0 Å². The zero-order valence-electron chi connectivity index (χ0n) is 7.74. The molecular formula is C10H7BrN2O2. The van der Waals surface area contributed by atoms with Crippen LogP contribution in [0.1, 0.15) is 16.2 Å². The van der Waals surface area contributed by atoms with Crippen LogP contribution in [-0.2, 0) is 11.2 Å². The van der Waals surface area contributed by atoms with Crippen LogP contribution in [0.2, 0.25) is 0 Å². The number of pyridine rings is 1. The summed E-state index contributed by atoms with van der Waals surface area (Å²) in [5.41, 5.74) is 2.16. The highest BCUT2D eigenvalue weighted by atomic mass is 79.9. The van der Waals surface area contributed by atoms with E-state index in [4.69, 9.17) is 4.74 Å². The largest absolute Gasteiger partial charge is 0.461 e. The fraction of sp³-hybridized carbons (Fsp3) is 0.200. The lowest BCUT2D eigenvalue weighted by molar-refractivity contribution is 0.0469. The molecule has 0 unspecified atom stereocenters. The molecule has 0 saturated heterocycles. The average molecular weight is 267 g/mol. The molecule has 0 aromatic carbocycles. The second-order valence-electron chi connectivity index (χ2n) is 3.37. The first-order chi connectivity index (χ1) is 7.25. The number of nitrogens with zero attached hydrogens (tertiary/aromatic N) is 2. The topological polar surface area (TPSA) is 43.6 Å². The van der Waals surface area contributed by atoms with Gasteiger partial charge in [-0.2, -0.15) is 0 Å². The Kier molecular flexibility index (Phi) is 1.82. The normalized spacial score (nSPS) is 15.1. The molecule has 0 radical (unpaired) electrons. The van der Waals surface area contributed by atoms with Crippen molar-refractivity contribution in [3.8, 4) is 0 Å². The fourth-order valence-corrected chi connectivity index (χ4v) is 2.10. The van der Waals surface area contributed by atoms with Crippen molar-refractivity contribution >= 4 is 27.5 Å². The molecule has 0 spiro atoms. The van der Waals surface area contributed by atoms with Crippen LogP contribution in [0.5, 0.6) is 0 Å². The smallest absolute Gasteiger partial charge is 0.357 e. The summed E-state index contributed by atoms with van der Waals surface area (Å²) in [7, 11) is 0. The molecule has 1 aliphatic rings. The van der Waals surface area contributed by atoms with Gasteiger partial charge in [0.05, 0.1) is 12.3 Å². The third-order valence-corrected chi connectivity index (χ3v) is 2.89. The number of hydrogen-bond acceptors (Lipinski definition) is 3. The number of ether oxygens (including phenoxy) is 1. The summed E-state index contributed by atoms with van der Waals surface area (Å²) in [6.45, 7) is 0.427. The monoisotopic (exact) mass is 266 g/mol. The SMILES string of the molecule is O=C1OCCc2nc3ccc(Br)cn3c21. The van der Waals surface area contributed by atoms with Crippen molar-refractivity contribution in [2.24, 2.45) is 0 Å². The van der Waals surface area contributed by atoms with E-state index in [9.17, 15) is 4.79 Å². The van der Waals surface area contributed by atoms with Gasteiger partial charge < -0.3 is 4.74 Å². The fourth-order valence-electron chi connectivity index (χ4n) is 1.77. The zero-order valence-corrected chi connectivity index (χ0v) is 9.32. The summed E-state index contributed by atoms with van der Waals surface area (Å²) in [5, 5.41) is 0. The van der Waals surface area contributed by atoms with Gasteiger partial charge in [0.25, 0.3) is 0 Å². The van der Waals surface area contributed by atoms with Crippen LogP contribution in [0.4, 0.5) is 0 Å². The number of carbonyl (C=O) groups excluding carboxylic acids is 1. The Morgan fingerprint density at radius 2 is 2.33 bits per heavy atom.